The van der Waals surface area contributed by atoms with Crippen molar-refractivity contribution in [2.24, 2.45) is 13.0 Å². The van der Waals surface area contributed by atoms with Crippen molar-refractivity contribution in [1.82, 2.24) is 24.6 Å². The zero-order valence-corrected chi connectivity index (χ0v) is 14.3. The molecule has 1 aliphatic carbocycles. The fourth-order valence-corrected chi connectivity index (χ4v) is 3.93. The zero-order valence-electron chi connectivity index (χ0n) is 14.3. The number of hydrogen-bond donors (Lipinski definition) is 0. The molecular weight excluding hydrogens is 290 g/mol. The molecule has 6 nitrogen and oxygen atoms in total. The Labute approximate surface area is 138 Å². The number of morpholine rings is 1. The number of rotatable bonds is 5. The molecule has 6 heteroatoms. The molecule has 2 aliphatic heterocycles. The van der Waals surface area contributed by atoms with Crippen molar-refractivity contribution in [2.75, 3.05) is 45.9 Å². The van der Waals surface area contributed by atoms with E-state index in [0.717, 1.165) is 44.6 Å². The highest BCUT2D eigenvalue weighted by atomic mass is 16.5. The second-order valence-electron chi connectivity index (χ2n) is 7.46. The minimum atomic E-state index is 0.554. The summed E-state index contributed by atoms with van der Waals surface area (Å²) >= 11 is 0. The molecule has 1 atom stereocenters. The topological polar surface area (TPSA) is 46.4 Å². The van der Waals surface area contributed by atoms with E-state index in [1.807, 2.05) is 0 Å². The van der Waals surface area contributed by atoms with Gasteiger partial charge in [0.15, 0.2) is 0 Å². The molecule has 0 unspecified atom stereocenters. The maximum absolute atomic E-state index is 5.43. The normalized spacial score (nSPS) is 27.4. The van der Waals surface area contributed by atoms with E-state index in [-0.39, 0.29) is 0 Å². The first-order valence-electron chi connectivity index (χ1n) is 9.20. The van der Waals surface area contributed by atoms with Gasteiger partial charge in [0.1, 0.15) is 11.6 Å². The first kappa shape index (κ1) is 15.5. The average Bonchev–Trinajstić information content (AvgIpc) is 3.32. The molecule has 23 heavy (non-hydrogen) atoms. The van der Waals surface area contributed by atoms with Gasteiger partial charge in [0.25, 0.3) is 0 Å². The third kappa shape index (κ3) is 3.75. The average molecular weight is 319 g/mol. The molecule has 4 rings (SSSR count). The van der Waals surface area contributed by atoms with E-state index in [1.165, 1.54) is 51.1 Å². The van der Waals surface area contributed by atoms with Crippen molar-refractivity contribution in [3.63, 3.8) is 0 Å². The van der Waals surface area contributed by atoms with E-state index in [2.05, 4.69) is 31.6 Å². The Morgan fingerprint density at radius 1 is 1.04 bits per heavy atom. The Balaban J connectivity index is 1.39. The summed E-state index contributed by atoms with van der Waals surface area (Å²) in [6.07, 6.45) is 5.43. The molecule has 3 heterocycles. The Kier molecular flexibility index (Phi) is 4.64. The zero-order chi connectivity index (χ0) is 15.6. The molecule has 2 saturated heterocycles. The predicted octanol–water partition coefficient (Wildman–Crippen LogP) is 1.24. The van der Waals surface area contributed by atoms with Crippen LogP contribution in [-0.2, 0) is 18.3 Å². The molecule has 3 aliphatic rings. The van der Waals surface area contributed by atoms with Gasteiger partial charge in [-0.2, -0.15) is 0 Å². The maximum Gasteiger partial charge on any atom is 0.146 e. The third-order valence-electron chi connectivity index (χ3n) is 5.55. The van der Waals surface area contributed by atoms with Gasteiger partial charge in [-0.3, -0.25) is 4.90 Å². The van der Waals surface area contributed by atoms with Gasteiger partial charge in [-0.25, -0.2) is 0 Å². The largest absolute Gasteiger partial charge is 0.379 e. The molecule has 0 amide bonds. The number of aromatic nitrogens is 3. The van der Waals surface area contributed by atoms with Gasteiger partial charge in [0, 0.05) is 39.1 Å². The first-order valence-corrected chi connectivity index (χ1v) is 9.20. The van der Waals surface area contributed by atoms with Crippen LogP contribution >= 0.6 is 0 Å². The van der Waals surface area contributed by atoms with Gasteiger partial charge in [-0.05, 0) is 38.1 Å². The molecule has 0 bridgehead atoms. The number of hydrogen-bond acceptors (Lipinski definition) is 5. The molecule has 1 aromatic heterocycles. The molecule has 0 N–H and O–H groups in total. The van der Waals surface area contributed by atoms with Crippen molar-refractivity contribution in [3.8, 4) is 0 Å². The van der Waals surface area contributed by atoms with Crippen molar-refractivity contribution in [2.45, 2.75) is 38.1 Å². The van der Waals surface area contributed by atoms with Crippen LogP contribution in [0.4, 0.5) is 0 Å². The number of nitrogens with zero attached hydrogens (tertiary/aromatic N) is 5. The van der Waals surface area contributed by atoms with Gasteiger partial charge in [0.05, 0.1) is 19.8 Å². The highest BCUT2D eigenvalue weighted by molar-refractivity contribution is 5.04. The van der Waals surface area contributed by atoms with E-state index in [4.69, 9.17) is 4.74 Å². The molecule has 128 valence electrons. The minimum Gasteiger partial charge on any atom is -0.379 e. The smallest absolute Gasteiger partial charge is 0.146 e. The fraction of sp³-hybridized carbons (Fsp3) is 0.882. The van der Waals surface area contributed by atoms with Crippen molar-refractivity contribution in [3.05, 3.63) is 11.6 Å². The maximum atomic E-state index is 5.43. The third-order valence-corrected chi connectivity index (χ3v) is 5.55. The quantitative estimate of drug-likeness (QED) is 0.817. The second kappa shape index (κ2) is 6.87. The van der Waals surface area contributed by atoms with Crippen LogP contribution in [0.25, 0.3) is 0 Å². The highest BCUT2D eigenvalue weighted by Gasteiger charge is 2.30. The number of likely N-dealkylation sites (tertiary alicyclic amines) is 1. The second-order valence-corrected chi connectivity index (χ2v) is 7.46. The molecule has 1 saturated carbocycles. The summed E-state index contributed by atoms with van der Waals surface area (Å²) < 4.78 is 7.68. The van der Waals surface area contributed by atoms with Crippen molar-refractivity contribution < 1.29 is 4.74 Å². The van der Waals surface area contributed by atoms with E-state index >= 15 is 0 Å². The Hall–Kier alpha value is -0.980. The van der Waals surface area contributed by atoms with E-state index in [0.29, 0.717) is 5.92 Å². The lowest BCUT2D eigenvalue weighted by Gasteiger charge is -2.32. The monoisotopic (exact) mass is 319 g/mol. The molecule has 0 spiro atoms. The fourth-order valence-electron chi connectivity index (χ4n) is 3.93. The van der Waals surface area contributed by atoms with Crippen molar-refractivity contribution in [1.29, 1.82) is 0 Å². The van der Waals surface area contributed by atoms with Gasteiger partial charge in [0.2, 0.25) is 0 Å². The highest BCUT2D eigenvalue weighted by Crippen LogP contribution is 2.33. The Morgan fingerprint density at radius 3 is 2.65 bits per heavy atom. The van der Waals surface area contributed by atoms with Crippen LogP contribution in [0.2, 0.25) is 0 Å². The van der Waals surface area contributed by atoms with Crippen LogP contribution < -0.4 is 0 Å². The molecule has 3 fully saturated rings. The summed E-state index contributed by atoms with van der Waals surface area (Å²) in [5.41, 5.74) is 0. The number of ether oxygens (including phenoxy) is 1. The van der Waals surface area contributed by atoms with Crippen LogP contribution in [-0.4, -0.2) is 70.5 Å². The van der Waals surface area contributed by atoms with E-state index in [9.17, 15) is 0 Å². The lowest BCUT2D eigenvalue weighted by atomic mass is 9.97. The van der Waals surface area contributed by atoms with Gasteiger partial charge in [-0.1, -0.05) is 0 Å². The number of piperidine rings is 1. The minimum absolute atomic E-state index is 0.554. The lowest BCUT2D eigenvalue weighted by molar-refractivity contribution is 0.0326. The van der Waals surface area contributed by atoms with Crippen LogP contribution in [0.3, 0.4) is 0 Å². The Morgan fingerprint density at radius 2 is 1.87 bits per heavy atom. The summed E-state index contributed by atoms with van der Waals surface area (Å²) in [5.74, 6) is 3.82. The van der Waals surface area contributed by atoms with Gasteiger partial charge >= 0.3 is 0 Å². The summed E-state index contributed by atoms with van der Waals surface area (Å²) in [6.45, 7) is 8.31. The van der Waals surface area contributed by atoms with Crippen LogP contribution in [0.15, 0.2) is 0 Å². The van der Waals surface area contributed by atoms with E-state index < -0.39 is 0 Å². The summed E-state index contributed by atoms with van der Waals surface area (Å²) in [4.78, 5) is 5.07. The van der Waals surface area contributed by atoms with Crippen LogP contribution in [0.5, 0.6) is 0 Å². The lowest BCUT2D eigenvalue weighted by Crippen LogP contribution is -2.37. The van der Waals surface area contributed by atoms with Gasteiger partial charge in [-0.15, -0.1) is 10.2 Å². The molecule has 0 aromatic carbocycles. The van der Waals surface area contributed by atoms with E-state index in [1.54, 1.807) is 0 Å². The Bertz CT molecular complexity index is 521. The standard InChI is InChI=1S/C17H29N5O/c1-20-16(13-21-7-9-23-10-8-21)18-19-17(20)15-3-2-6-22(12-15)11-14-4-5-14/h14-15H,2-13H2,1H3/t15-/m1/s1. The molecule has 1 aromatic rings. The van der Waals surface area contributed by atoms with Gasteiger partial charge < -0.3 is 14.2 Å². The van der Waals surface area contributed by atoms with Crippen molar-refractivity contribution >= 4 is 0 Å². The summed E-state index contributed by atoms with van der Waals surface area (Å²) in [7, 11) is 2.14. The summed E-state index contributed by atoms with van der Waals surface area (Å²) in [6, 6.07) is 0. The summed E-state index contributed by atoms with van der Waals surface area (Å²) in [5, 5.41) is 9.06. The first-order chi connectivity index (χ1) is 11.3. The molecular formula is C17H29N5O. The van der Waals surface area contributed by atoms with Crippen LogP contribution in [0.1, 0.15) is 43.3 Å². The van der Waals surface area contributed by atoms with Crippen LogP contribution in [0, 0.1) is 5.92 Å². The molecule has 0 radical (unpaired) electrons. The predicted molar refractivity (Wildman–Crippen MR) is 88.2 cm³/mol. The SMILES string of the molecule is Cn1c(CN2CCOCC2)nnc1[C@@H]1CCCN(CC2CC2)C1.